The molecule has 1 aromatic carbocycles. The number of Topliss-reactive ketones (excluding diaryl/α,β-unsaturated/α-hetero) is 1. The molecule has 1 aliphatic rings. The van der Waals surface area contributed by atoms with E-state index in [1.807, 2.05) is 57.2 Å². The van der Waals surface area contributed by atoms with Crippen LogP contribution in [-0.4, -0.2) is 30.1 Å². The van der Waals surface area contributed by atoms with Crippen LogP contribution in [0.2, 0.25) is 0 Å². The van der Waals surface area contributed by atoms with E-state index in [2.05, 4.69) is 5.32 Å². The number of nitrogens with one attached hydrogen (secondary N) is 1. The summed E-state index contributed by atoms with van der Waals surface area (Å²) in [6.45, 7) is 6.17. The molecule has 0 radical (unpaired) electrons. The fraction of sp³-hybridized carbons (Fsp3) is 0.500. The molecule has 5 heteroatoms. The largest absolute Gasteiger partial charge is 0.444 e. The van der Waals surface area contributed by atoms with Gasteiger partial charge >= 0.3 is 6.09 Å². The molecule has 5 nitrogen and oxygen atoms in total. The number of hydrogen-bond acceptors (Lipinski definition) is 4. The van der Waals surface area contributed by atoms with Crippen LogP contribution in [0.5, 0.6) is 0 Å². The van der Waals surface area contributed by atoms with Gasteiger partial charge in [-0.05, 0) is 44.7 Å². The van der Waals surface area contributed by atoms with Gasteiger partial charge in [-0.25, -0.2) is 4.79 Å². The number of carbonyl (C=O) groups excluding carboxylic acids is 2. The zero-order valence-electron chi connectivity index (χ0n) is 15.2. The second-order valence-electron chi connectivity index (χ2n) is 7.22. The number of benzene rings is 1. The maximum Gasteiger partial charge on any atom is 0.408 e. The highest BCUT2D eigenvalue weighted by Crippen LogP contribution is 2.21. The van der Waals surface area contributed by atoms with Crippen molar-refractivity contribution < 1.29 is 19.1 Å². The summed E-state index contributed by atoms with van der Waals surface area (Å²) in [6, 6.07) is 9.43. The predicted octanol–water partition coefficient (Wildman–Crippen LogP) is 3.78. The van der Waals surface area contributed by atoms with E-state index >= 15 is 0 Å². The normalized spacial score (nSPS) is 17.6. The first-order valence-corrected chi connectivity index (χ1v) is 8.68. The Balaban J connectivity index is 1.96. The van der Waals surface area contributed by atoms with Crippen LogP contribution in [0.15, 0.2) is 42.0 Å². The molecular formula is C20H27NO4. The van der Waals surface area contributed by atoms with Gasteiger partial charge in [0.1, 0.15) is 5.60 Å². The van der Waals surface area contributed by atoms with E-state index in [1.165, 1.54) is 0 Å². The van der Waals surface area contributed by atoms with Crippen LogP contribution in [0, 0.1) is 0 Å². The smallest absolute Gasteiger partial charge is 0.408 e. The SMILES string of the molecule is CC(C)(C)OC(=O)N[C@H](/C=C1\CCCC1=O)COCc1ccccc1. The minimum Gasteiger partial charge on any atom is -0.444 e. The van der Waals surface area contributed by atoms with Crippen LogP contribution in [0.4, 0.5) is 4.79 Å². The molecule has 0 saturated heterocycles. The van der Waals surface area contributed by atoms with E-state index in [9.17, 15) is 9.59 Å². The monoisotopic (exact) mass is 345 g/mol. The lowest BCUT2D eigenvalue weighted by Gasteiger charge is -2.22. The maximum absolute atomic E-state index is 12.1. The first-order valence-electron chi connectivity index (χ1n) is 8.68. The van der Waals surface area contributed by atoms with Crippen molar-refractivity contribution in [3.63, 3.8) is 0 Å². The Morgan fingerprint density at radius 1 is 1.24 bits per heavy atom. The maximum atomic E-state index is 12.1. The second-order valence-corrected chi connectivity index (χ2v) is 7.22. The zero-order valence-corrected chi connectivity index (χ0v) is 15.2. The summed E-state index contributed by atoms with van der Waals surface area (Å²) in [4.78, 5) is 23.9. The molecule has 25 heavy (non-hydrogen) atoms. The first-order chi connectivity index (χ1) is 11.8. The highest BCUT2D eigenvalue weighted by molar-refractivity contribution is 5.97. The van der Waals surface area contributed by atoms with Crippen molar-refractivity contribution in [2.75, 3.05) is 6.61 Å². The van der Waals surface area contributed by atoms with Gasteiger partial charge in [0.05, 0.1) is 19.3 Å². The molecule has 1 saturated carbocycles. The van der Waals surface area contributed by atoms with Gasteiger partial charge in [-0.1, -0.05) is 36.4 Å². The number of hydrogen-bond donors (Lipinski definition) is 1. The molecule has 0 unspecified atom stereocenters. The number of alkyl carbamates (subject to hydrolysis) is 1. The predicted molar refractivity (Wildman–Crippen MR) is 96.2 cm³/mol. The summed E-state index contributed by atoms with van der Waals surface area (Å²) in [7, 11) is 0. The average Bonchev–Trinajstić information content (AvgIpc) is 2.91. The highest BCUT2D eigenvalue weighted by atomic mass is 16.6. The molecule has 0 heterocycles. The number of allylic oxidation sites excluding steroid dienone is 1. The standard InChI is InChI=1S/C20H27NO4/c1-20(2,3)25-19(23)21-17(12-16-10-7-11-18(16)22)14-24-13-15-8-5-4-6-9-15/h4-6,8-9,12,17H,7,10-11,13-14H2,1-3H3,(H,21,23)/b16-12+/t17-/m1/s1. The molecule has 1 aliphatic carbocycles. The van der Waals surface area contributed by atoms with Gasteiger partial charge < -0.3 is 14.8 Å². The van der Waals surface area contributed by atoms with Crippen LogP contribution in [0.3, 0.4) is 0 Å². The first kappa shape index (κ1) is 19.2. The number of carbonyl (C=O) groups is 2. The van der Waals surface area contributed by atoms with E-state index in [-0.39, 0.29) is 12.4 Å². The van der Waals surface area contributed by atoms with E-state index in [1.54, 1.807) is 0 Å². The van der Waals surface area contributed by atoms with Crippen LogP contribution in [0.1, 0.15) is 45.6 Å². The van der Waals surface area contributed by atoms with E-state index < -0.39 is 17.7 Å². The van der Waals surface area contributed by atoms with Crippen LogP contribution >= 0.6 is 0 Å². The zero-order chi connectivity index (χ0) is 18.3. The van der Waals surface area contributed by atoms with Gasteiger partial charge in [0.15, 0.2) is 5.78 Å². The Bertz CT molecular complexity index is 616. The fourth-order valence-corrected chi connectivity index (χ4v) is 2.63. The average molecular weight is 345 g/mol. The van der Waals surface area contributed by atoms with Gasteiger partial charge in [0.25, 0.3) is 0 Å². The minimum atomic E-state index is -0.574. The summed E-state index contributed by atoms with van der Waals surface area (Å²) in [5, 5.41) is 2.79. The van der Waals surface area contributed by atoms with Crippen LogP contribution < -0.4 is 5.32 Å². The van der Waals surface area contributed by atoms with Crippen LogP contribution in [0.25, 0.3) is 0 Å². The molecule has 0 spiro atoms. The molecule has 1 atom stereocenters. The number of ketones is 1. The number of amides is 1. The van der Waals surface area contributed by atoms with E-state index in [4.69, 9.17) is 9.47 Å². The Kier molecular flexibility index (Phi) is 6.76. The van der Waals surface area contributed by atoms with Gasteiger partial charge in [-0.15, -0.1) is 0 Å². The Labute approximate surface area is 149 Å². The molecule has 0 aliphatic heterocycles. The molecule has 136 valence electrons. The molecule has 2 rings (SSSR count). The summed E-state index contributed by atoms with van der Waals surface area (Å²) in [5.41, 5.74) is 1.25. The molecule has 1 N–H and O–H groups in total. The molecule has 0 aromatic heterocycles. The van der Waals surface area contributed by atoms with Gasteiger partial charge in [-0.3, -0.25) is 4.79 Å². The van der Waals surface area contributed by atoms with Crippen molar-refractivity contribution in [1.82, 2.24) is 5.32 Å². The van der Waals surface area contributed by atoms with Crippen LogP contribution in [-0.2, 0) is 20.9 Å². The van der Waals surface area contributed by atoms with Crippen molar-refractivity contribution in [2.45, 2.75) is 58.3 Å². The third kappa shape index (κ3) is 7.10. The Morgan fingerprint density at radius 2 is 1.96 bits per heavy atom. The van der Waals surface area contributed by atoms with Crippen molar-refractivity contribution in [2.24, 2.45) is 0 Å². The molecule has 0 bridgehead atoms. The third-order valence-corrected chi connectivity index (χ3v) is 3.72. The summed E-state index contributed by atoms with van der Waals surface area (Å²) in [5.74, 6) is 0.152. The van der Waals surface area contributed by atoms with Crippen molar-refractivity contribution in [1.29, 1.82) is 0 Å². The summed E-state index contributed by atoms with van der Waals surface area (Å²) < 4.78 is 11.0. The van der Waals surface area contributed by atoms with E-state index in [0.29, 0.717) is 13.0 Å². The summed E-state index contributed by atoms with van der Waals surface area (Å²) >= 11 is 0. The van der Waals surface area contributed by atoms with Gasteiger partial charge in [-0.2, -0.15) is 0 Å². The highest BCUT2D eigenvalue weighted by Gasteiger charge is 2.22. The minimum absolute atomic E-state index is 0.152. The van der Waals surface area contributed by atoms with Crippen molar-refractivity contribution >= 4 is 11.9 Å². The quantitative estimate of drug-likeness (QED) is 0.797. The lowest BCUT2D eigenvalue weighted by Crippen LogP contribution is -2.40. The fourth-order valence-electron chi connectivity index (χ4n) is 2.63. The second kappa shape index (κ2) is 8.81. The van der Waals surface area contributed by atoms with Gasteiger partial charge in [0.2, 0.25) is 0 Å². The lowest BCUT2D eigenvalue weighted by molar-refractivity contribution is -0.114. The van der Waals surface area contributed by atoms with Gasteiger partial charge in [0, 0.05) is 6.42 Å². The Hall–Kier alpha value is -2.14. The Morgan fingerprint density at radius 3 is 2.56 bits per heavy atom. The number of ether oxygens (including phenoxy) is 2. The molecule has 1 amide bonds. The van der Waals surface area contributed by atoms with E-state index in [0.717, 1.165) is 24.0 Å². The molecule has 1 fully saturated rings. The molecule has 1 aromatic rings. The summed E-state index contributed by atoms with van der Waals surface area (Å²) in [6.07, 6.45) is 3.50. The third-order valence-electron chi connectivity index (χ3n) is 3.72. The van der Waals surface area contributed by atoms with Crippen molar-refractivity contribution in [3.8, 4) is 0 Å². The number of rotatable bonds is 6. The molecular weight excluding hydrogens is 318 g/mol. The topological polar surface area (TPSA) is 64.6 Å². The lowest BCUT2D eigenvalue weighted by atomic mass is 10.1. The van der Waals surface area contributed by atoms with Crippen molar-refractivity contribution in [3.05, 3.63) is 47.5 Å².